The Morgan fingerprint density at radius 2 is 1.95 bits per heavy atom. The lowest BCUT2D eigenvalue weighted by molar-refractivity contribution is -0.138. The van der Waals surface area contributed by atoms with Crippen molar-refractivity contribution in [2.24, 2.45) is 0 Å². The van der Waals surface area contributed by atoms with E-state index >= 15 is 0 Å². The molecule has 0 atom stereocenters. The van der Waals surface area contributed by atoms with Gasteiger partial charge in [-0.1, -0.05) is 18.2 Å². The first-order valence-electron chi connectivity index (χ1n) is 6.74. The first-order valence-corrected chi connectivity index (χ1v) is 6.74. The summed E-state index contributed by atoms with van der Waals surface area (Å²) in [6.07, 6.45) is 0.783. The van der Waals surface area contributed by atoms with Crippen molar-refractivity contribution in [3.05, 3.63) is 53.1 Å². The van der Waals surface area contributed by atoms with Crippen LogP contribution in [0.25, 0.3) is 0 Å². The molecular formula is C15H15F3N2. The maximum absolute atomic E-state index is 13.0. The van der Waals surface area contributed by atoms with Crippen molar-refractivity contribution in [3.8, 4) is 0 Å². The molecule has 3 rings (SSSR count). The van der Waals surface area contributed by atoms with Gasteiger partial charge in [0.15, 0.2) is 0 Å². The van der Waals surface area contributed by atoms with E-state index in [1.54, 1.807) is 18.3 Å². The molecule has 0 amide bonds. The monoisotopic (exact) mass is 280 g/mol. The second kappa shape index (κ2) is 4.96. The number of fused-ring (bicyclic) bond motifs is 1. The zero-order chi connectivity index (χ0) is 14.2. The van der Waals surface area contributed by atoms with Crippen molar-refractivity contribution < 1.29 is 13.2 Å². The van der Waals surface area contributed by atoms with Crippen LogP contribution in [0.4, 0.5) is 13.2 Å². The molecule has 1 aromatic heterocycles. The zero-order valence-electron chi connectivity index (χ0n) is 11.0. The van der Waals surface area contributed by atoms with E-state index < -0.39 is 11.7 Å². The molecule has 1 aromatic carbocycles. The number of alkyl halides is 3. The molecule has 0 saturated carbocycles. The number of benzene rings is 1. The Morgan fingerprint density at radius 3 is 2.75 bits per heavy atom. The van der Waals surface area contributed by atoms with Crippen LogP contribution in [0.5, 0.6) is 0 Å². The van der Waals surface area contributed by atoms with Crippen molar-refractivity contribution in [2.75, 3.05) is 0 Å². The van der Waals surface area contributed by atoms with Gasteiger partial charge in [0.2, 0.25) is 0 Å². The molecule has 2 aromatic rings. The molecule has 1 aliphatic rings. The third-order valence-electron chi connectivity index (χ3n) is 3.75. The van der Waals surface area contributed by atoms with E-state index in [9.17, 15) is 13.2 Å². The Hall–Kier alpha value is -1.78. The minimum absolute atomic E-state index is 0.280. The van der Waals surface area contributed by atoms with Gasteiger partial charge in [-0.15, -0.1) is 0 Å². The lowest BCUT2D eigenvalue weighted by Crippen LogP contribution is -2.15. The first kappa shape index (κ1) is 13.2. The Kier molecular flexibility index (Phi) is 3.28. The van der Waals surface area contributed by atoms with Gasteiger partial charge in [0.05, 0.1) is 5.56 Å². The Bertz CT molecular complexity index is 614. The number of aryl methyl sites for hydroxylation is 1. The number of hydrogen-bond acceptors (Lipinski definition) is 1. The smallest absolute Gasteiger partial charge is 0.332 e. The highest BCUT2D eigenvalue weighted by molar-refractivity contribution is 5.33. The molecule has 0 unspecified atom stereocenters. The van der Waals surface area contributed by atoms with Crippen LogP contribution in [0.15, 0.2) is 30.5 Å². The normalized spacial score (nSPS) is 15.2. The minimum Gasteiger partial charge on any atom is -0.332 e. The first-order chi connectivity index (χ1) is 9.55. The molecule has 0 spiro atoms. The molecule has 106 valence electrons. The van der Waals surface area contributed by atoms with Gasteiger partial charge >= 0.3 is 6.18 Å². The Balaban J connectivity index is 1.94. The van der Waals surface area contributed by atoms with Crippen LogP contribution in [-0.2, 0) is 25.6 Å². The third-order valence-corrected chi connectivity index (χ3v) is 3.75. The number of aromatic nitrogens is 2. The standard InChI is InChI=1S/C15H15F3N2/c16-15(17,18)13-6-2-1-5-11(13)9-12-10-19-14-7-3-4-8-20(12)14/h1-2,5-6,10H,3-4,7-9H2. The van der Waals surface area contributed by atoms with E-state index in [1.807, 2.05) is 0 Å². The summed E-state index contributed by atoms with van der Waals surface area (Å²) in [6, 6.07) is 5.77. The average molecular weight is 280 g/mol. The van der Waals surface area contributed by atoms with Crippen LogP contribution in [-0.4, -0.2) is 9.55 Å². The van der Waals surface area contributed by atoms with E-state index in [4.69, 9.17) is 0 Å². The molecule has 2 nitrogen and oxygen atoms in total. The van der Waals surface area contributed by atoms with Gasteiger partial charge in [-0.05, 0) is 24.5 Å². The van der Waals surface area contributed by atoms with Gasteiger partial charge in [-0.3, -0.25) is 0 Å². The van der Waals surface area contributed by atoms with E-state index in [0.717, 1.165) is 43.4 Å². The molecule has 1 aliphatic heterocycles. The van der Waals surface area contributed by atoms with Crippen molar-refractivity contribution >= 4 is 0 Å². The van der Waals surface area contributed by atoms with Crippen molar-refractivity contribution in [1.82, 2.24) is 9.55 Å². The summed E-state index contributed by atoms with van der Waals surface area (Å²) < 4.78 is 41.0. The highest BCUT2D eigenvalue weighted by Gasteiger charge is 2.33. The lowest BCUT2D eigenvalue weighted by Gasteiger charge is -2.17. The largest absolute Gasteiger partial charge is 0.416 e. The van der Waals surface area contributed by atoms with Crippen LogP contribution in [0.2, 0.25) is 0 Å². The summed E-state index contributed by atoms with van der Waals surface area (Å²) in [4.78, 5) is 4.33. The SMILES string of the molecule is FC(F)(F)c1ccccc1Cc1cnc2n1CCCC2. The summed E-state index contributed by atoms with van der Waals surface area (Å²) >= 11 is 0. The Labute approximate surface area is 115 Å². The van der Waals surface area contributed by atoms with E-state index in [-0.39, 0.29) is 6.42 Å². The topological polar surface area (TPSA) is 17.8 Å². The quantitative estimate of drug-likeness (QED) is 0.817. The van der Waals surface area contributed by atoms with Gasteiger partial charge in [-0.2, -0.15) is 13.2 Å². The van der Waals surface area contributed by atoms with Gasteiger partial charge in [0.25, 0.3) is 0 Å². The number of imidazole rings is 1. The Morgan fingerprint density at radius 1 is 1.15 bits per heavy atom. The second-order valence-electron chi connectivity index (χ2n) is 5.11. The van der Waals surface area contributed by atoms with E-state index in [0.29, 0.717) is 5.56 Å². The van der Waals surface area contributed by atoms with E-state index in [2.05, 4.69) is 9.55 Å². The molecule has 5 heteroatoms. The maximum Gasteiger partial charge on any atom is 0.416 e. The molecule has 0 aliphatic carbocycles. The van der Waals surface area contributed by atoms with Crippen LogP contribution >= 0.6 is 0 Å². The fourth-order valence-corrected chi connectivity index (χ4v) is 2.77. The van der Waals surface area contributed by atoms with Crippen molar-refractivity contribution in [3.63, 3.8) is 0 Å². The molecule has 2 heterocycles. The highest BCUT2D eigenvalue weighted by atomic mass is 19.4. The number of hydrogen-bond donors (Lipinski definition) is 0. The molecule has 0 N–H and O–H groups in total. The predicted molar refractivity (Wildman–Crippen MR) is 69.4 cm³/mol. The fourth-order valence-electron chi connectivity index (χ4n) is 2.77. The van der Waals surface area contributed by atoms with Gasteiger partial charge in [-0.25, -0.2) is 4.98 Å². The summed E-state index contributed by atoms with van der Waals surface area (Å²) in [5, 5.41) is 0. The number of rotatable bonds is 2. The predicted octanol–water partition coefficient (Wildman–Crippen LogP) is 3.83. The van der Waals surface area contributed by atoms with Crippen LogP contribution < -0.4 is 0 Å². The average Bonchev–Trinajstić information content (AvgIpc) is 2.82. The van der Waals surface area contributed by atoms with Crippen LogP contribution in [0, 0.1) is 0 Å². The summed E-state index contributed by atoms with van der Waals surface area (Å²) in [6.45, 7) is 0.860. The van der Waals surface area contributed by atoms with Crippen molar-refractivity contribution in [2.45, 2.75) is 38.4 Å². The minimum atomic E-state index is -4.30. The molecule has 0 fully saturated rings. The summed E-state index contributed by atoms with van der Waals surface area (Å²) in [7, 11) is 0. The summed E-state index contributed by atoms with van der Waals surface area (Å²) in [5.74, 6) is 0.996. The molecule has 20 heavy (non-hydrogen) atoms. The molecular weight excluding hydrogens is 265 g/mol. The maximum atomic E-state index is 13.0. The van der Waals surface area contributed by atoms with Gasteiger partial charge in [0.1, 0.15) is 5.82 Å². The van der Waals surface area contributed by atoms with E-state index in [1.165, 1.54) is 6.07 Å². The van der Waals surface area contributed by atoms with Gasteiger partial charge < -0.3 is 4.57 Å². The number of halogens is 3. The van der Waals surface area contributed by atoms with Gasteiger partial charge in [0, 0.05) is 31.3 Å². The third kappa shape index (κ3) is 2.44. The van der Waals surface area contributed by atoms with Crippen molar-refractivity contribution in [1.29, 1.82) is 0 Å². The molecule has 0 bridgehead atoms. The number of nitrogens with zero attached hydrogens (tertiary/aromatic N) is 2. The van der Waals surface area contributed by atoms with Crippen LogP contribution in [0.3, 0.4) is 0 Å². The highest BCUT2D eigenvalue weighted by Crippen LogP contribution is 2.33. The fraction of sp³-hybridized carbons (Fsp3) is 0.400. The lowest BCUT2D eigenvalue weighted by atomic mass is 10.0. The summed E-state index contributed by atoms with van der Waals surface area (Å²) in [5.41, 5.74) is 0.635. The molecule has 0 radical (unpaired) electrons. The molecule has 0 saturated heterocycles. The second-order valence-corrected chi connectivity index (χ2v) is 5.11. The zero-order valence-corrected chi connectivity index (χ0v) is 11.0. The van der Waals surface area contributed by atoms with Crippen LogP contribution in [0.1, 0.15) is 35.5 Å².